The molecular formula is C30H34O6. The number of carboxylic acid groups (broad SMARTS) is 1. The van der Waals surface area contributed by atoms with Crippen molar-refractivity contribution in [2.24, 2.45) is 0 Å². The number of aliphatic carboxylic acids is 1. The van der Waals surface area contributed by atoms with Gasteiger partial charge in [-0.1, -0.05) is 63.3 Å². The first-order chi connectivity index (χ1) is 17.5. The van der Waals surface area contributed by atoms with E-state index < -0.39 is 18.0 Å². The molecule has 3 aromatic carbocycles. The lowest BCUT2D eigenvalue weighted by Gasteiger charge is -2.11. The lowest BCUT2D eigenvalue weighted by atomic mass is 10.0. The maximum atomic E-state index is 12.5. The maximum Gasteiger partial charge on any atom is 0.344 e. The zero-order valence-corrected chi connectivity index (χ0v) is 20.9. The summed E-state index contributed by atoms with van der Waals surface area (Å²) in [7, 11) is 0. The van der Waals surface area contributed by atoms with E-state index in [1.165, 1.54) is 39.0 Å². The van der Waals surface area contributed by atoms with Crippen LogP contribution in [0.2, 0.25) is 0 Å². The van der Waals surface area contributed by atoms with Gasteiger partial charge < -0.3 is 19.3 Å². The fraction of sp³-hybridized carbons (Fsp3) is 0.333. The van der Waals surface area contributed by atoms with Crippen LogP contribution < -0.4 is 14.2 Å². The minimum absolute atomic E-state index is 0.343. The largest absolute Gasteiger partial charge is 0.494 e. The monoisotopic (exact) mass is 490 g/mol. The molecule has 0 saturated heterocycles. The zero-order chi connectivity index (χ0) is 25.8. The SMILES string of the molecule is CCCCCCCCOc1ccc(-c2ccc(C(=O)Oc3ccc(OC(C)C(=O)O)cc3)cc2)cc1. The summed E-state index contributed by atoms with van der Waals surface area (Å²) in [5.41, 5.74) is 2.45. The molecule has 3 aromatic rings. The number of unbranched alkanes of at least 4 members (excludes halogenated alkanes) is 5. The van der Waals surface area contributed by atoms with Gasteiger partial charge in [-0.15, -0.1) is 0 Å². The Labute approximate surface area is 212 Å². The van der Waals surface area contributed by atoms with Crippen LogP contribution >= 0.6 is 0 Å². The summed E-state index contributed by atoms with van der Waals surface area (Å²) in [5, 5.41) is 8.92. The average Bonchev–Trinajstić information content (AvgIpc) is 2.89. The second kappa shape index (κ2) is 13.9. The molecule has 1 unspecified atom stereocenters. The molecule has 0 aromatic heterocycles. The molecule has 0 spiro atoms. The first-order valence-electron chi connectivity index (χ1n) is 12.5. The van der Waals surface area contributed by atoms with Crippen molar-refractivity contribution in [3.05, 3.63) is 78.4 Å². The molecule has 1 N–H and O–H groups in total. The normalized spacial score (nSPS) is 11.5. The van der Waals surface area contributed by atoms with Crippen LogP contribution in [0.3, 0.4) is 0 Å². The average molecular weight is 491 g/mol. The molecule has 190 valence electrons. The van der Waals surface area contributed by atoms with Crippen LogP contribution in [-0.4, -0.2) is 29.8 Å². The van der Waals surface area contributed by atoms with Crippen molar-refractivity contribution >= 4 is 11.9 Å². The molecule has 0 radical (unpaired) electrons. The highest BCUT2D eigenvalue weighted by Crippen LogP contribution is 2.24. The van der Waals surface area contributed by atoms with E-state index in [0.717, 1.165) is 29.9 Å². The van der Waals surface area contributed by atoms with E-state index in [4.69, 9.17) is 19.3 Å². The number of esters is 1. The zero-order valence-electron chi connectivity index (χ0n) is 20.9. The quantitative estimate of drug-likeness (QED) is 0.147. The van der Waals surface area contributed by atoms with Gasteiger partial charge in [-0.3, -0.25) is 0 Å². The van der Waals surface area contributed by atoms with Crippen molar-refractivity contribution in [1.29, 1.82) is 0 Å². The van der Waals surface area contributed by atoms with Crippen LogP contribution in [0.5, 0.6) is 17.2 Å². The molecule has 0 amide bonds. The molecule has 3 rings (SSSR count). The number of carboxylic acids is 1. The summed E-state index contributed by atoms with van der Waals surface area (Å²) < 4.78 is 16.5. The van der Waals surface area contributed by atoms with Gasteiger partial charge >= 0.3 is 11.9 Å². The van der Waals surface area contributed by atoms with Gasteiger partial charge in [-0.25, -0.2) is 9.59 Å². The van der Waals surface area contributed by atoms with Crippen molar-refractivity contribution in [2.45, 2.75) is 58.5 Å². The molecule has 0 heterocycles. The smallest absolute Gasteiger partial charge is 0.344 e. The molecule has 0 bridgehead atoms. The predicted octanol–water partition coefficient (Wildman–Crippen LogP) is 7.16. The van der Waals surface area contributed by atoms with Crippen LogP contribution in [0, 0.1) is 0 Å². The first kappa shape index (κ1) is 26.8. The second-order valence-electron chi connectivity index (χ2n) is 8.68. The third kappa shape index (κ3) is 8.45. The molecule has 0 fully saturated rings. The Bertz CT molecular complexity index is 1090. The fourth-order valence-corrected chi connectivity index (χ4v) is 3.62. The molecule has 6 heteroatoms. The Balaban J connectivity index is 1.48. The van der Waals surface area contributed by atoms with Gasteiger partial charge in [0.2, 0.25) is 0 Å². The molecule has 1 atom stereocenters. The third-order valence-corrected chi connectivity index (χ3v) is 5.77. The van der Waals surface area contributed by atoms with E-state index in [2.05, 4.69) is 6.92 Å². The Morgan fingerprint density at radius 1 is 0.722 bits per heavy atom. The van der Waals surface area contributed by atoms with E-state index in [1.807, 2.05) is 36.4 Å². The van der Waals surface area contributed by atoms with Gasteiger partial charge in [0, 0.05) is 0 Å². The number of carbonyl (C=O) groups excluding carboxylic acids is 1. The topological polar surface area (TPSA) is 82.1 Å². The van der Waals surface area contributed by atoms with Gasteiger partial charge in [0.15, 0.2) is 6.10 Å². The van der Waals surface area contributed by atoms with Gasteiger partial charge in [0.25, 0.3) is 0 Å². The Hall–Kier alpha value is -3.80. The molecule has 0 saturated carbocycles. The fourth-order valence-electron chi connectivity index (χ4n) is 3.62. The Kier molecular flexibility index (Phi) is 10.4. The predicted molar refractivity (Wildman–Crippen MR) is 140 cm³/mol. The van der Waals surface area contributed by atoms with E-state index in [0.29, 0.717) is 17.1 Å². The van der Waals surface area contributed by atoms with E-state index in [1.54, 1.807) is 36.4 Å². The van der Waals surface area contributed by atoms with Crippen LogP contribution in [-0.2, 0) is 4.79 Å². The van der Waals surface area contributed by atoms with Crippen molar-refractivity contribution in [2.75, 3.05) is 6.61 Å². The molecule has 36 heavy (non-hydrogen) atoms. The number of rotatable bonds is 14. The molecule has 6 nitrogen and oxygen atoms in total. The van der Waals surface area contributed by atoms with Gasteiger partial charge in [-0.05, 0) is 73.0 Å². The van der Waals surface area contributed by atoms with E-state index in [-0.39, 0.29) is 0 Å². The Morgan fingerprint density at radius 3 is 1.86 bits per heavy atom. The van der Waals surface area contributed by atoms with Crippen molar-refractivity contribution in [3.8, 4) is 28.4 Å². The summed E-state index contributed by atoms with van der Waals surface area (Å²) in [4.78, 5) is 23.4. The number of hydrogen-bond donors (Lipinski definition) is 1. The van der Waals surface area contributed by atoms with E-state index >= 15 is 0 Å². The molecule has 0 aliphatic rings. The molecule has 0 aliphatic carbocycles. The third-order valence-electron chi connectivity index (χ3n) is 5.77. The second-order valence-corrected chi connectivity index (χ2v) is 8.68. The number of ether oxygens (including phenoxy) is 3. The van der Waals surface area contributed by atoms with Gasteiger partial charge in [0.1, 0.15) is 17.2 Å². The lowest BCUT2D eigenvalue weighted by Crippen LogP contribution is -2.22. The molecular weight excluding hydrogens is 456 g/mol. The summed E-state index contributed by atoms with van der Waals surface area (Å²) in [6.07, 6.45) is 6.47. The van der Waals surface area contributed by atoms with Crippen molar-refractivity contribution in [1.82, 2.24) is 0 Å². The molecule has 0 aliphatic heterocycles. The number of benzene rings is 3. The number of hydrogen-bond acceptors (Lipinski definition) is 5. The summed E-state index contributed by atoms with van der Waals surface area (Å²) >= 11 is 0. The van der Waals surface area contributed by atoms with Crippen molar-refractivity contribution < 1.29 is 28.9 Å². The highest BCUT2D eigenvalue weighted by Gasteiger charge is 2.13. The minimum Gasteiger partial charge on any atom is -0.494 e. The summed E-state index contributed by atoms with van der Waals surface area (Å²) in [6, 6.07) is 21.4. The highest BCUT2D eigenvalue weighted by atomic mass is 16.5. The van der Waals surface area contributed by atoms with Gasteiger partial charge in [0.05, 0.1) is 12.2 Å². The first-order valence-corrected chi connectivity index (χ1v) is 12.5. The van der Waals surface area contributed by atoms with Crippen LogP contribution in [0.15, 0.2) is 72.8 Å². The summed E-state index contributed by atoms with van der Waals surface area (Å²) in [6.45, 7) is 4.40. The lowest BCUT2D eigenvalue weighted by molar-refractivity contribution is -0.144. The standard InChI is InChI=1S/C30H34O6/c1-3-4-5-6-7-8-21-34-26-15-13-24(14-16-26)23-9-11-25(12-10-23)30(33)36-28-19-17-27(18-20-28)35-22(2)29(31)32/h9-20,22H,3-8,21H2,1-2H3,(H,31,32). The summed E-state index contributed by atoms with van der Waals surface area (Å²) in [5.74, 6) is 0.0551. The van der Waals surface area contributed by atoms with E-state index in [9.17, 15) is 9.59 Å². The highest BCUT2D eigenvalue weighted by molar-refractivity contribution is 5.91. The van der Waals surface area contributed by atoms with Gasteiger partial charge in [-0.2, -0.15) is 0 Å². The minimum atomic E-state index is -1.05. The van der Waals surface area contributed by atoms with Crippen molar-refractivity contribution in [3.63, 3.8) is 0 Å². The Morgan fingerprint density at radius 2 is 1.25 bits per heavy atom. The maximum absolute atomic E-state index is 12.5. The van der Waals surface area contributed by atoms with Crippen LogP contribution in [0.1, 0.15) is 62.7 Å². The number of carbonyl (C=O) groups is 2. The van der Waals surface area contributed by atoms with Crippen LogP contribution in [0.4, 0.5) is 0 Å². The van der Waals surface area contributed by atoms with Crippen LogP contribution in [0.25, 0.3) is 11.1 Å².